The first-order chi connectivity index (χ1) is 8.17. The SMILES string of the molecule is CCC1CC1NC(=O)c1cccc(F)c1NC. The van der Waals surface area contributed by atoms with Gasteiger partial charge < -0.3 is 10.6 Å². The normalized spacial score (nSPS) is 22.1. The molecule has 0 heterocycles. The number of nitrogens with one attached hydrogen (secondary N) is 2. The van der Waals surface area contributed by atoms with Crippen molar-refractivity contribution < 1.29 is 9.18 Å². The summed E-state index contributed by atoms with van der Waals surface area (Å²) in [6.07, 6.45) is 2.11. The maximum Gasteiger partial charge on any atom is 0.253 e. The zero-order valence-electron chi connectivity index (χ0n) is 10.1. The molecule has 0 aliphatic heterocycles. The van der Waals surface area contributed by atoms with Crippen molar-refractivity contribution in [2.75, 3.05) is 12.4 Å². The Morgan fingerprint density at radius 3 is 2.88 bits per heavy atom. The van der Waals surface area contributed by atoms with Crippen LogP contribution in [0.1, 0.15) is 30.1 Å². The van der Waals surface area contributed by atoms with Gasteiger partial charge in [-0.2, -0.15) is 0 Å². The molecule has 1 fully saturated rings. The molecular weight excluding hydrogens is 219 g/mol. The third-order valence-electron chi connectivity index (χ3n) is 3.27. The second-order valence-corrected chi connectivity index (χ2v) is 4.40. The van der Waals surface area contributed by atoms with E-state index in [1.165, 1.54) is 6.07 Å². The molecule has 0 radical (unpaired) electrons. The number of anilines is 1. The first kappa shape index (κ1) is 11.9. The third kappa shape index (κ3) is 2.40. The summed E-state index contributed by atoms with van der Waals surface area (Å²) in [4.78, 5) is 12.0. The van der Waals surface area contributed by atoms with E-state index in [4.69, 9.17) is 0 Å². The topological polar surface area (TPSA) is 41.1 Å². The number of carbonyl (C=O) groups is 1. The van der Waals surface area contributed by atoms with Crippen LogP contribution in [-0.2, 0) is 0 Å². The summed E-state index contributed by atoms with van der Waals surface area (Å²) in [6, 6.07) is 4.79. The van der Waals surface area contributed by atoms with E-state index < -0.39 is 5.82 Å². The lowest BCUT2D eigenvalue weighted by Gasteiger charge is -2.10. The average Bonchev–Trinajstić information content (AvgIpc) is 3.07. The molecule has 4 heteroatoms. The molecule has 2 unspecified atom stereocenters. The predicted molar refractivity (Wildman–Crippen MR) is 65.6 cm³/mol. The van der Waals surface area contributed by atoms with Crippen molar-refractivity contribution in [2.24, 2.45) is 5.92 Å². The number of halogens is 1. The fourth-order valence-corrected chi connectivity index (χ4v) is 2.09. The minimum absolute atomic E-state index is 0.199. The molecule has 0 aromatic heterocycles. The number of amides is 1. The van der Waals surface area contributed by atoms with Gasteiger partial charge in [0.15, 0.2) is 0 Å². The highest BCUT2D eigenvalue weighted by Gasteiger charge is 2.36. The summed E-state index contributed by atoms with van der Waals surface area (Å²) >= 11 is 0. The van der Waals surface area contributed by atoms with E-state index in [1.54, 1.807) is 19.2 Å². The maximum atomic E-state index is 13.5. The van der Waals surface area contributed by atoms with Crippen LogP contribution in [0.2, 0.25) is 0 Å². The molecule has 17 heavy (non-hydrogen) atoms. The van der Waals surface area contributed by atoms with Crippen molar-refractivity contribution in [3.63, 3.8) is 0 Å². The van der Waals surface area contributed by atoms with Gasteiger partial charge in [-0.05, 0) is 24.5 Å². The molecule has 3 nitrogen and oxygen atoms in total. The van der Waals surface area contributed by atoms with Crippen molar-refractivity contribution >= 4 is 11.6 Å². The summed E-state index contributed by atoms with van der Waals surface area (Å²) < 4.78 is 13.5. The van der Waals surface area contributed by atoms with Crippen molar-refractivity contribution in [1.29, 1.82) is 0 Å². The Balaban J connectivity index is 2.11. The van der Waals surface area contributed by atoms with Crippen LogP contribution in [0, 0.1) is 11.7 Å². The largest absolute Gasteiger partial charge is 0.385 e. The number of benzene rings is 1. The molecule has 0 bridgehead atoms. The summed E-state index contributed by atoms with van der Waals surface area (Å²) in [5, 5.41) is 5.66. The summed E-state index contributed by atoms with van der Waals surface area (Å²) in [6.45, 7) is 2.11. The number of hydrogen-bond donors (Lipinski definition) is 2. The van der Waals surface area contributed by atoms with E-state index >= 15 is 0 Å². The van der Waals surface area contributed by atoms with E-state index in [2.05, 4.69) is 17.6 Å². The Labute approximate surface area is 100 Å². The lowest BCUT2D eigenvalue weighted by molar-refractivity contribution is 0.0949. The van der Waals surface area contributed by atoms with Gasteiger partial charge in [0.2, 0.25) is 0 Å². The van der Waals surface area contributed by atoms with Gasteiger partial charge in [0.25, 0.3) is 5.91 Å². The molecule has 1 saturated carbocycles. The molecule has 0 saturated heterocycles. The van der Waals surface area contributed by atoms with E-state index in [-0.39, 0.29) is 17.6 Å². The molecule has 1 aliphatic rings. The van der Waals surface area contributed by atoms with Crippen molar-refractivity contribution in [2.45, 2.75) is 25.8 Å². The number of rotatable bonds is 4. The summed E-state index contributed by atoms with van der Waals surface area (Å²) in [5.41, 5.74) is 0.632. The van der Waals surface area contributed by atoms with Gasteiger partial charge in [0, 0.05) is 13.1 Å². The zero-order valence-corrected chi connectivity index (χ0v) is 10.1. The fourth-order valence-electron chi connectivity index (χ4n) is 2.09. The lowest BCUT2D eigenvalue weighted by atomic mass is 10.1. The summed E-state index contributed by atoms with van der Waals surface area (Å²) in [7, 11) is 1.61. The first-order valence-electron chi connectivity index (χ1n) is 5.94. The quantitative estimate of drug-likeness (QED) is 0.842. The van der Waals surface area contributed by atoms with Crippen LogP contribution in [-0.4, -0.2) is 19.0 Å². The smallest absolute Gasteiger partial charge is 0.253 e. The monoisotopic (exact) mass is 236 g/mol. The molecule has 1 aromatic rings. The van der Waals surface area contributed by atoms with Crippen molar-refractivity contribution in [3.05, 3.63) is 29.6 Å². The highest BCUT2D eigenvalue weighted by atomic mass is 19.1. The molecule has 2 atom stereocenters. The predicted octanol–water partition coefficient (Wildman–Crippen LogP) is 2.40. The Morgan fingerprint density at radius 2 is 2.29 bits per heavy atom. The van der Waals surface area contributed by atoms with Crippen LogP contribution in [0.15, 0.2) is 18.2 Å². The molecule has 1 aliphatic carbocycles. The van der Waals surface area contributed by atoms with E-state index in [9.17, 15) is 9.18 Å². The highest BCUT2D eigenvalue weighted by molar-refractivity contribution is 6.00. The van der Waals surface area contributed by atoms with E-state index in [0.29, 0.717) is 11.5 Å². The van der Waals surface area contributed by atoms with Gasteiger partial charge in [0.1, 0.15) is 5.82 Å². The molecule has 0 spiro atoms. The van der Waals surface area contributed by atoms with Crippen LogP contribution in [0.5, 0.6) is 0 Å². The Bertz CT molecular complexity index is 433. The van der Waals surface area contributed by atoms with Gasteiger partial charge in [-0.25, -0.2) is 4.39 Å². The minimum Gasteiger partial charge on any atom is -0.385 e. The standard InChI is InChI=1S/C13H17FN2O/c1-3-8-7-11(8)16-13(17)9-5-4-6-10(14)12(9)15-2/h4-6,8,11,15H,3,7H2,1-2H3,(H,16,17). The Kier molecular flexibility index (Phi) is 3.31. The van der Waals surface area contributed by atoms with Crippen molar-refractivity contribution in [1.82, 2.24) is 5.32 Å². The lowest BCUT2D eigenvalue weighted by Crippen LogP contribution is -2.27. The van der Waals surface area contributed by atoms with Crippen LogP contribution in [0.25, 0.3) is 0 Å². The average molecular weight is 236 g/mol. The minimum atomic E-state index is -0.400. The van der Waals surface area contributed by atoms with Gasteiger partial charge in [-0.1, -0.05) is 19.4 Å². The molecule has 2 rings (SSSR count). The second-order valence-electron chi connectivity index (χ2n) is 4.40. The third-order valence-corrected chi connectivity index (χ3v) is 3.27. The zero-order chi connectivity index (χ0) is 12.4. The van der Waals surface area contributed by atoms with Crippen molar-refractivity contribution in [3.8, 4) is 0 Å². The van der Waals surface area contributed by atoms with Gasteiger partial charge in [-0.3, -0.25) is 4.79 Å². The van der Waals surface area contributed by atoms with E-state index in [0.717, 1.165) is 12.8 Å². The summed E-state index contributed by atoms with van der Waals surface area (Å²) in [5.74, 6) is -0.0108. The molecule has 1 aromatic carbocycles. The molecular formula is C13H17FN2O. The van der Waals surface area contributed by atoms with Crippen LogP contribution < -0.4 is 10.6 Å². The fraction of sp³-hybridized carbons (Fsp3) is 0.462. The maximum absolute atomic E-state index is 13.5. The Morgan fingerprint density at radius 1 is 1.53 bits per heavy atom. The van der Waals surface area contributed by atoms with E-state index in [1.807, 2.05) is 0 Å². The first-order valence-corrected chi connectivity index (χ1v) is 5.94. The highest BCUT2D eigenvalue weighted by Crippen LogP contribution is 2.33. The van der Waals surface area contributed by atoms with Gasteiger partial charge in [-0.15, -0.1) is 0 Å². The van der Waals surface area contributed by atoms with Gasteiger partial charge in [0.05, 0.1) is 11.3 Å². The van der Waals surface area contributed by atoms with Crippen LogP contribution >= 0.6 is 0 Å². The molecule has 1 amide bonds. The Hall–Kier alpha value is -1.58. The number of hydrogen-bond acceptors (Lipinski definition) is 2. The van der Waals surface area contributed by atoms with Gasteiger partial charge >= 0.3 is 0 Å². The molecule has 2 N–H and O–H groups in total. The van der Waals surface area contributed by atoms with Crippen LogP contribution in [0.4, 0.5) is 10.1 Å². The number of para-hydroxylation sites is 1. The number of carbonyl (C=O) groups excluding carboxylic acids is 1. The van der Waals surface area contributed by atoms with Crippen LogP contribution in [0.3, 0.4) is 0 Å². The second kappa shape index (κ2) is 4.73. The molecule has 92 valence electrons.